The van der Waals surface area contributed by atoms with Gasteiger partial charge in [-0.3, -0.25) is 9.69 Å². The van der Waals surface area contributed by atoms with E-state index in [1.807, 2.05) is 24.3 Å². The molecule has 3 aromatic carbocycles. The number of hydrogen-bond acceptors (Lipinski definition) is 4. The second kappa shape index (κ2) is 12.1. The van der Waals surface area contributed by atoms with Gasteiger partial charge < -0.3 is 14.7 Å². The maximum atomic E-state index is 11.1. The molecule has 1 heterocycles. The van der Waals surface area contributed by atoms with E-state index >= 15 is 0 Å². The molecule has 1 saturated heterocycles. The van der Waals surface area contributed by atoms with Crippen LogP contribution in [0.4, 0.5) is 5.69 Å². The van der Waals surface area contributed by atoms with E-state index < -0.39 is 5.97 Å². The number of rotatable bonds is 9. The van der Waals surface area contributed by atoms with E-state index in [0.29, 0.717) is 6.61 Å². The topological polar surface area (TPSA) is 53.0 Å². The van der Waals surface area contributed by atoms with E-state index in [0.717, 1.165) is 49.6 Å². The zero-order valence-corrected chi connectivity index (χ0v) is 20.2. The summed E-state index contributed by atoms with van der Waals surface area (Å²) in [7, 11) is 0. The summed E-state index contributed by atoms with van der Waals surface area (Å²) in [5.41, 5.74) is 4.63. The van der Waals surface area contributed by atoms with Crippen LogP contribution >= 0.6 is 0 Å². The van der Waals surface area contributed by atoms with Crippen LogP contribution < -0.4 is 9.64 Å². The molecule has 0 radical (unpaired) electrons. The molecule has 1 aliphatic rings. The van der Waals surface area contributed by atoms with Crippen LogP contribution in [0.15, 0.2) is 78.9 Å². The van der Waals surface area contributed by atoms with Crippen molar-refractivity contribution in [2.45, 2.75) is 32.4 Å². The van der Waals surface area contributed by atoms with Gasteiger partial charge in [0.25, 0.3) is 0 Å². The van der Waals surface area contributed by atoms with E-state index in [9.17, 15) is 4.79 Å². The third-order valence-corrected chi connectivity index (χ3v) is 6.31. The molecule has 180 valence electrons. The SMILES string of the molecule is CC#CC(CC(=O)O)c1ccc(OCc2ccc(CN3CCN(c4ccccc4)CC3)cc2)cc1. The average Bonchev–Trinajstić information content (AvgIpc) is 2.89. The van der Waals surface area contributed by atoms with Crippen molar-refractivity contribution in [1.82, 2.24) is 4.90 Å². The zero-order chi connectivity index (χ0) is 24.5. The lowest BCUT2D eigenvalue weighted by Crippen LogP contribution is -2.45. The van der Waals surface area contributed by atoms with Gasteiger partial charge in [-0.1, -0.05) is 60.5 Å². The molecule has 5 nitrogen and oxygen atoms in total. The molecule has 0 aliphatic carbocycles. The Morgan fingerprint density at radius 2 is 1.57 bits per heavy atom. The molecule has 4 rings (SSSR count). The Balaban J connectivity index is 1.24. The first kappa shape index (κ1) is 24.4. The molecule has 3 aromatic rings. The number of carboxylic acid groups (broad SMARTS) is 1. The molecule has 1 N–H and O–H groups in total. The van der Waals surface area contributed by atoms with Gasteiger partial charge in [-0.15, -0.1) is 5.92 Å². The number of anilines is 1. The number of ether oxygens (including phenoxy) is 1. The number of nitrogens with zero attached hydrogens (tertiary/aromatic N) is 2. The van der Waals surface area contributed by atoms with Gasteiger partial charge in [-0.05, 0) is 47.9 Å². The fourth-order valence-corrected chi connectivity index (χ4v) is 4.37. The molecule has 35 heavy (non-hydrogen) atoms. The standard InChI is InChI=1S/C30H32N2O3/c1-2-6-27(21-30(33)34)26-13-15-29(16-14-26)35-23-25-11-9-24(10-12-25)22-31-17-19-32(20-18-31)28-7-4-3-5-8-28/h3-5,7-16,27H,17-23H2,1H3,(H,33,34). The predicted molar refractivity (Wildman–Crippen MR) is 140 cm³/mol. The highest BCUT2D eigenvalue weighted by Gasteiger charge is 2.17. The molecule has 5 heteroatoms. The lowest BCUT2D eigenvalue weighted by molar-refractivity contribution is -0.137. The second-order valence-corrected chi connectivity index (χ2v) is 8.82. The lowest BCUT2D eigenvalue weighted by atomic mass is 9.96. The zero-order valence-electron chi connectivity index (χ0n) is 20.2. The Hall–Kier alpha value is -3.75. The first-order chi connectivity index (χ1) is 17.1. The van der Waals surface area contributed by atoms with Crippen LogP contribution in [0.25, 0.3) is 0 Å². The van der Waals surface area contributed by atoms with E-state index in [2.05, 4.69) is 76.2 Å². The summed E-state index contributed by atoms with van der Waals surface area (Å²) in [6, 6.07) is 26.8. The van der Waals surface area contributed by atoms with E-state index in [1.54, 1.807) is 6.92 Å². The van der Waals surface area contributed by atoms with Gasteiger partial charge in [-0.25, -0.2) is 0 Å². The second-order valence-electron chi connectivity index (χ2n) is 8.82. The smallest absolute Gasteiger partial charge is 0.304 e. The van der Waals surface area contributed by atoms with Gasteiger partial charge in [0.1, 0.15) is 12.4 Å². The van der Waals surface area contributed by atoms with Gasteiger partial charge in [-0.2, -0.15) is 0 Å². The molecule has 0 aromatic heterocycles. The van der Waals surface area contributed by atoms with Crippen LogP contribution in [0.5, 0.6) is 5.75 Å². The molecule has 1 unspecified atom stereocenters. The fraction of sp³-hybridized carbons (Fsp3) is 0.300. The minimum absolute atomic E-state index is 0.00387. The summed E-state index contributed by atoms with van der Waals surface area (Å²) in [6.45, 7) is 7.41. The minimum Gasteiger partial charge on any atom is -0.489 e. The normalized spacial score (nSPS) is 14.6. The Bertz CT molecular complexity index is 1140. The van der Waals surface area contributed by atoms with Gasteiger partial charge in [0.2, 0.25) is 0 Å². The Labute approximate surface area is 208 Å². The van der Waals surface area contributed by atoms with Gasteiger partial charge in [0.15, 0.2) is 0 Å². The quantitative estimate of drug-likeness (QED) is 0.439. The molecule has 1 aliphatic heterocycles. The number of piperazine rings is 1. The largest absolute Gasteiger partial charge is 0.489 e. The van der Waals surface area contributed by atoms with E-state index in [4.69, 9.17) is 9.84 Å². The van der Waals surface area contributed by atoms with Crippen molar-refractivity contribution in [3.8, 4) is 17.6 Å². The fourth-order valence-electron chi connectivity index (χ4n) is 4.37. The Kier molecular flexibility index (Phi) is 8.43. The van der Waals surface area contributed by atoms with Crippen LogP contribution in [0.1, 0.15) is 36.0 Å². The van der Waals surface area contributed by atoms with E-state index in [1.165, 1.54) is 11.3 Å². The summed E-state index contributed by atoms with van der Waals surface area (Å²) in [6.07, 6.45) is -0.00387. The molecule has 1 fully saturated rings. The van der Waals surface area contributed by atoms with Gasteiger partial charge in [0.05, 0.1) is 12.3 Å². The number of para-hydroxylation sites is 1. The molecular formula is C30H32N2O3. The highest BCUT2D eigenvalue weighted by atomic mass is 16.5. The molecular weight excluding hydrogens is 436 g/mol. The number of carbonyl (C=O) groups is 1. The van der Waals surface area contributed by atoms with Crippen molar-refractivity contribution in [2.24, 2.45) is 0 Å². The predicted octanol–water partition coefficient (Wildman–Crippen LogP) is 5.17. The number of hydrogen-bond donors (Lipinski definition) is 1. The van der Waals surface area contributed by atoms with E-state index in [-0.39, 0.29) is 12.3 Å². The van der Waals surface area contributed by atoms with Crippen LogP contribution in [0.3, 0.4) is 0 Å². The van der Waals surface area contributed by atoms with Crippen LogP contribution in [0, 0.1) is 11.8 Å². The van der Waals surface area contributed by atoms with Crippen LogP contribution in [0.2, 0.25) is 0 Å². The monoisotopic (exact) mass is 468 g/mol. The maximum absolute atomic E-state index is 11.1. The number of aliphatic carboxylic acids is 1. The van der Waals surface area contributed by atoms with Crippen molar-refractivity contribution in [1.29, 1.82) is 0 Å². The van der Waals surface area contributed by atoms with Crippen molar-refractivity contribution in [3.05, 3.63) is 95.6 Å². The summed E-state index contributed by atoms with van der Waals surface area (Å²) >= 11 is 0. The first-order valence-corrected chi connectivity index (χ1v) is 12.1. The average molecular weight is 469 g/mol. The summed E-state index contributed by atoms with van der Waals surface area (Å²) in [5.74, 6) is 5.40. The third kappa shape index (κ3) is 7.11. The summed E-state index contributed by atoms with van der Waals surface area (Å²) in [5, 5.41) is 9.10. The van der Waals surface area contributed by atoms with Crippen molar-refractivity contribution < 1.29 is 14.6 Å². The first-order valence-electron chi connectivity index (χ1n) is 12.1. The molecule has 0 spiro atoms. The molecule has 1 atom stereocenters. The Morgan fingerprint density at radius 1 is 0.914 bits per heavy atom. The molecule has 0 amide bonds. The van der Waals surface area contributed by atoms with Crippen molar-refractivity contribution in [2.75, 3.05) is 31.1 Å². The van der Waals surface area contributed by atoms with Crippen molar-refractivity contribution in [3.63, 3.8) is 0 Å². The Morgan fingerprint density at radius 3 is 2.20 bits per heavy atom. The third-order valence-electron chi connectivity index (χ3n) is 6.31. The summed E-state index contributed by atoms with van der Waals surface area (Å²) in [4.78, 5) is 16.0. The minimum atomic E-state index is -0.851. The highest BCUT2D eigenvalue weighted by Crippen LogP contribution is 2.23. The molecule has 0 bridgehead atoms. The number of carboxylic acids is 1. The van der Waals surface area contributed by atoms with Gasteiger partial charge >= 0.3 is 5.97 Å². The summed E-state index contributed by atoms with van der Waals surface area (Å²) < 4.78 is 5.94. The van der Waals surface area contributed by atoms with Gasteiger partial charge in [0, 0.05) is 38.4 Å². The maximum Gasteiger partial charge on any atom is 0.304 e. The van der Waals surface area contributed by atoms with Crippen LogP contribution in [-0.4, -0.2) is 42.2 Å². The molecule has 0 saturated carbocycles. The number of benzene rings is 3. The van der Waals surface area contributed by atoms with Crippen LogP contribution in [-0.2, 0) is 17.9 Å². The lowest BCUT2D eigenvalue weighted by Gasteiger charge is -2.36. The highest BCUT2D eigenvalue weighted by molar-refractivity contribution is 5.69. The van der Waals surface area contributed by atoms with Crippen molar-refractivity contribution >= 4 is 11.7 Å².